The maximum atomic E-state index is 12.8. The number of nitrogens with zero attached hydrogens (tertiary/aromatic N) is 4. The first-order valence-corrected chi connectivity index (χ1v) is 13.7. The molecule has 1 aromatic heterocycles. The van der Waals surface area contributed by atoms with Crippen molar-refractivity contribution in [3.8, 4) is 0 Å². The molecular formula is C30H42N4O4. The fourth-order valence-electron chi connectivity index (χ4n) is 5.44. The predicted molar refractivity (Wildman–Crippen MR) is 148 cm³/mol. The van der Waals surface area contributed by atoms with Crippen molar-refractivity contribution in [1.29, 1.82) is 0 Å². The fraction of sp³-hybridized carbons (Fsp3) is 0.567. The molecule has 2 atom stereocenters. The quantitative estimate of drug-likeness (QED) is 0.468. The molecule has 0 spiro atoms. The second-order valence-electron chi connectivity index (χ2n) is 11.4. The van der Waals surface area contributed by atoms with Crippen LogP contribution in [0.25, 0.3) is 0 Å². The number of benzene rings is 1. The summed E-state index contributed by atoms with van der Waals surface area (Å²) in [5.74, 6) is 0.525. The number of carbonyl (C=O) groups excluding carboxylic acids is 2. The van der Waals surface area contributed by atoms with Crippen LogP contribution < -0.4 is 4.90 Å². The molecule has 0 aliphatic carbocycles. The molecule has 8 nitrogen and oxygen atoms in total. The minimum absolute atomic E-state index is 0.226. The van der Waals surface area contributed by atoms with E-state index in [4.69, 9.17) is 14.5 Å². The highest BCUT2D eigenvalue weighted by molar-refractivity contribution is 5.88. The predicted octanol–water partition coefficient (Wildman–Crippen LogP) is 4.62. The highest BCUT2D eigenvalue weighted by Crippen LogP contribution is 2.29. The van der Waals surface area contributed by atoms with Gasteiger partial charge in [-0.2, -0.15) is 0 Å². The van der Waals surface area contributed by atoms with Gasteiger partial charge in [-0.25, -0.2) is 14.6 Å². The van der Waals surface area contributed by atoms with Crippen LogP contribution >= 0.6 is 0 Å². The zero-order valence-electron chi connectivity index (χ0n) is 23.5. The van der Waals surface area contributed by atoms with Crippen LogP contribution in [0.4, 0.5) is 10.6 Å². The molecule has 4 rings (SSSR count). The Hall–Kier alpha value is -2.97. The molecule has 0 bridgehead atoms. The molecule has 1 unspecified atom stereocenters. The van der Waals surface area contributed by atoms with E-state index in [1.165, 1.54) is 7.11 Å². The first-order valence-electron chi connectivity index (χ1n) is 13.7. The summed E-state index contributed by atoms with van der Waals surface area (Å²) in [6.45, 7) is 9.18. The van der Waals surface area contributed by atoms with E-state index in [1.54, 1.807) is 4.90 Å². The summed E-state index contributed by atoms with van der Waals surface area (Å²) in [5.41, 5.74) is 2.53. The Morgan fingerprint density at radius 1 is 1.13 bits per heavy atom. The lowest BCUT2D eigenvalue weighted by Gasteiger charge is -2.31. The largest absolute Gasteiger partial charge is 0.468 e. The molecule has 0 saturated carbocycles. The van der Waals surface area contributed by atoms with Crippen LogP contribution in [0.3, 0.4) is 0 Å². The Morgan fingerprint density at radius 3 is 2.61 bits per heavy atom. The minimum Gasteiger partial charge on any atom is -0.468 e. The van der Waals surface area contributed by atoms with Crippen LogP contribution in [0, 0.1) is 0 Å². The summed E-state index contributed by atoms with van der Waals surface area (Å²) in [6.07, 6.45) is 4.36. The van der Waals surface area contributed by atoms with E-state index in [0.717, 1.165) is 74.4 Å². The zero-order chi connectivity index (χ0) is 27.3. The second kappa shape index (κ2) is 12.3. The van der Waals surface area contributed by atoms with Crippen LogP contribution in [0.2, 0.25) is 0 Å². The molecule has 8 heteroatoms. The number of likely N-dealkylation sites (N-methyl/N-ethyl adjacent to an activating group) is 1. The number of esters is 1. The molecule has 1 saturated heterocycles. The molecule has 1 fully saturated rings. The van der Waals surface area contributed by atoms with Gasteiger partial charge in [-0.15, -0.1) is 0 Å². The van der Waals surface area contributed by atoms with Crippen LogP contribution in [0.15, 0.2) is 42.5 Å². The molecule has 2 aliphatic heterocycles. The standard InChI is InChI=1S/C30H42N4O4/c1-30(2,3)38-29(36)34-19-9-13-23-15-16-24(31-27(23)34)14-10-18-33-20-17-25(21-33)32(4)26(28(35)37-5)22-11-7-6-8-12-22/h6-8,11-12,15-16,25-26H,9-10,13-14,17-21H2,1-5H3/t25-,26?/m0/s1. The number of aromatic nitrogens is 1. The zero-order valence-corrected chi connectivity index (χ0v) is 23.5. The third-order valence-electron chi connectivity index (χ3n) is 7.39. The Morgan fingerprint density at radius 2 is 1.89 bits per heavy atom. The minimum atomic E-state index is -0.536. The third-order valence-corrected chi connectivity index (χ3v) is 7.39. The summed E-state index contributed by atoms with van der Waals surface area (Å²) in [7, 11) is 3.48. The van der Waals surface area contributed by atoms with Crippen LogP contribution in [-0.2, 0) is 27.1 Å². The number of amides is 1. The maximum Gasteiger partial charge on any atom is 0.416 e. The summed E-state index contributed by atoms with van der Waals surface area (Å²) in [5, 5.41) is 0. The van der Waals surface area contributed by atoms with Gasteiger partial charge in [0.1, 0.15) is 17.5 Å². The van der Waals surface area contributed by atoms with Crippen LogP contribution in [0.5, 0.6) is 0 Å². The van der Waals surface area contributed by atoms with Crippen molar-refractivity contribution in [1.82, 2.24) is 14.8 Å². The van der Waals surface area contributed by atoms with Crippen LogP contribution in [-0.4, -0.2) is 78.8 Å². The molecule has 2 aliphatic rings. The van der Waals surface area contributed by atoms with Gasteiger partial charge in [0.2, 0.25) is 0 Å². The van der Waals surface area contributed by atoms with E-state index in [1.807, 2.05) is 58.2 Å². The molecule has 1 aromatic carbocycles. The Labute approximate surface area is 226 Å². The van der Waals surface area contributed by atoms with E-state index in [0.29, 0.717) is 6.54 Å². The number of fused-ring (bicyclic) bond motifs is 1. The molecule has 0 radical (unpaired) electrons. The molecule has 1 amide bonds. The number of methoxy groups -OCH3 is 1. The second-order valence-corrected chi connectivity index (χ2v) is 11.4. The number of aryl methyl sites for hydroxylation is 2. The lowest BCUT2D eigenvalue weighted by Crippen LogP contribution is -2.41. The topological polar surface area (TPSA) is 75.2 Å². The monoisotopic (exact) mass is 522 g/mol. The smallest absolute Gasteiger partial charge is 0.416 e. The number of anilines is 1. The highest BCUT2D eigenvalue weighted by Gasteiger charge is 2.34. The van der Waals surface area contributed by atoms with Crippen molar-refractivity contribution in [3.05, 3.63) is 59.3 Å². The van der Waals surface area contributed by atoms with Crippen molar-refractivity contribution < 1.29 is 19.1 Å². The van der Waals surface area contributed by atoms with Gasteiger partial charge in [0.25, 0.3) is 0 Å². The van der Waals surface area contributed by atoms with Gasteiger partial charge in [0, 0.05) is 24.8 Å². The van der Waals surface area contributed by atoms with Gasteiger partial charge in [-0.1, -0.05) is 36.4 Å². The first-order chi connectivity index (χ1) is 18.2. The molecule has 3 heterocycles. The van der Waals surface area contributed by atoms with Crippen LogP contribution in [0.1, 0.15) is 62.9 Å². The average Bonchev–Trinajstić information content (AvgIpc) is 3.37. The number of hydrogen-bond donors (Lipinski definition) is 0. The first kappa shape index (κ1) is 28.0. The average molecular weight is 523 g/mol. The van der Waals surface area contributed by atoms with E-state index in [9.17, 15) is 9.59 Å². The highest BCUT2D eigenvalue weighted by atomic mass is 16.6. The number of likely N-dealkylation sites (tertiary alicyclic amines) is 1. The third kappa shape index (κ3) is 6.91. The van der Waals surface area contributed by atoms with Crippen molar-refractivity contribution in [3.63, 3.8) is 0 Å². The van der Waals surface area contributed by atoms with Gasteiger partial charge in [0.05, 0.1) is 7.11 Å². The lowest BCUT2D eigenvalue weighted by atomic mass is 10.0. The summed E-state index contributed by atoms with van der Waals surface area (Å²) in [6, 6.07) is 13.9. The van der Waals surface area contributed by atoms with Gasteiger partial charge < -0.3 is 14.4 Å². The lowest BCUT2D eigenvalue weighted by molar-refractivity contribution is -0.147. The summed E-state index contributed by atoms with van der Waals surface area (Å²) < 4.78 is 10.8. The molecule has 0 N–H and O–H groups in total. The van der Waals surface area contributed by atoms with Crippen molar-refractivity contribution in [2.45, 2.75) is 70.6 Å². The van der Waals surface area contributed by atoms with Gasteiger partial charge in [0.15, 0.2) is 0 Å². The number of carbonyl (C=O) groups is 2. The van der Waals surface area contributed by atoms with Crippen molar-refractivity contribution in [2.24, 2.45) is 0 Å². The SMILES string of the molecule is COC(=O)C(c1ccccc1)N(C)[C@H]1CCN(CCCc2ccc3c(n2)N(C(=O)OC(C)(C)C)CCC3)C1. The van der Waals surface area contributed by atoms with E-state index < -0.39 is 11.6 Å². The summed E-state index contributed by atoms with van der Waals surface area (Å²) >= 11 is 0. The Kier molecular flexibility index (Phi) is 9.05. The van der Waals surface area contributed by atoms with E-state index in [-0.39, 0.29) is 18.1 Å². The van der Waals surface area contributed by atoms with E-state index >= 15 is 0 Å². The molecule has 206 valence electrons. The Balaban J connectivity index is 1.33. The fourth-order valence-corrected chi connectivity index (χ4v) is 5.44. The van der Waals surface area contributed by atoms with Crippen molar-refractivity contribution in [2.75, 3.05) is 45.2 Å². The number of hydrogen-bond acceptors (Lipinski definition) is 7. The Bertz CT molecular complexity index is 1100. The van der Waals surface area contributed by atoms with Gasteiger partial charge in [-0.3, -0.25) is 9.80 Å². The van der Waals surface area contributed by atoms with Crippen molar-refractivity contribution >= 4 is 17.9 Å². The van der Waals surface area contributed by atoms with E-state index in [2.05, 4.69) is 21.9 Å². The normalized spacial score (nSPS) is 18.8. The van der Waals surface area contributed by atoms with Gasteiger partial charge in [-0.05, 0) is 90.2 Å². The number of pyridine rings is 1. The number of ether oxygens (including phenoxy) is 2. The number of rotatable bonds is 8. The molecule has 38 heavy (non-hydrogen) atoms. The van der Waals surface area contributed by atoms with Gasteiger partial charge >= 0.3 is 12.1 Å². The molecular weight excluding hydrogens is 480 g/mol. The maximum absolute atomic E-state index is 12.8. The molecule has 2 aromatic rings. The summed E-state index contributed by atoms with van der Waals surface area (Å²) in [4.78, 5) is 36.6.